The first-order chi connectivity index (χ1) is 8.97. The van der Waals surface area contributed by atoms with Gasteiger partial charge < -0.3 is 15.1 Å². The van der Waals surface area contributed by atoms with Crippen LogP contribution < -0.4 is 10.6 Å². The monoisotopic (exact) mass is 266 g/mol. The van der Waals surface area contributed by atoms with E-state index in [1.165, 1.54) is 6.07 Å². The van der Waals surface area contributed by atoms with Crippen LogP contribution in [-0.2, 0) is 6.54 Å². The molecule has 0 radical (unpaired) electrons. The quantitative estimate of drug-likeness (QED) is 0.857. The second-order valence-corrected chi connectivity index (χ2v) is 4.49. The van der Waals surface area contributed by atoms with E-state index in [9.17, 15) is 8.78 Å². The molecule has 0 aliphatic heterocycles. The number of hydrogen-bond donors (Lipinski definition) is 1. The third-order valence-electron chi connectivity index (χ3n) is 2.89. The van der Waals surface area contributed by atoms with E-state index in [1.54, 1.807) is 24.1 Å². The Morgan fingerprint density at radius 3 is 2.58 bits per heavy atom. The van der Waals surface area contributed by atoms with Crippen LogP contribution in [0.15, 0.2) is 34.7 Å². The van der Waals surface area contributed by atoms with E-state index >= 15 is 0 Å². The number of aryl methyl sites for hydroxylation is 1. The molecule has 19 heavy (non-hydrogen) atoms. The highest BCUT2D eigenvalue weighted by atomic mass is 19.3. The largest absolute Gasteiger partial charge is 0.464 e. The Morgan fingerprint density at radius 2 is 2.00 bits per heavy atom. The van der Waals surface area contributed by atoms with Gasteiger partial charge in [0.05, 0.1) is 6.54 Å². The van der Waals surface area contributed by atoms with Crippen LogP contribution in [-0.4, -0.2) is 7.05 Å². The molecule has 1 heterocycles. The highest BCUT2D eigenvalue weighted by Gasteiger charge is 2.17. The van der Waals surface area contributed by atoms with Crippen LogP contribution >= 0.6 is 0 Å². The summed E-state index contributed by atoms with van der Waals surface area (Å²) in [7, 11) is 1.75. The summed E-state index contributed by atoms with van der Waals surface area (Å²) in [6.45, 7) is 2.27. The zero-order valence-corrected chi connectivity index (χ0v) is 10.9. The number of alkyl halides is 2. The Labute approximate surface area is 110 Å². The molecule has 0 amide bonds. The number of benzene rings is 1. The second-order valence-electron chi connectivity index (χ2n) is 4.49. The Kier molecular flexibility index (Phi) is 3.74. The maximum Gasteiger partial charge on any atom is 0.265 e. The molecule has 1 aromatic heterocycles. The van der Waals surface area contributed by atoms with Gasteiger partial charge in [0.25, 0.3) is 6.43 Å². The number of hydrogen-bond acceptors (Lipinski definition) is 3. The molecule has 0 bridgehead atoms. The van der Waals surface area contributed by atoms with Crippen molar-refractivity contribution < 1.29 is 13.2 Å². The Bertz CT molecular complexity index is 566. The summed E-state index contributed by atoms with van der Waals surface area (Å²) in [6, 6.07) is 8.22. The number of nitrogens with zero attached hydrogens (tertiary/aromatic N) is 1. The first-order valence-electron chi connectivity index (χ1n) is 5.91. The number of furan rings is 1. The maximum atomic E-state index is 13.0. The van der Waals surface area contributed by atoms with E-state index in [1.807, 2.05) is 19.1 Å². The molecule has 1 aromatic carbocycles. The predicted molar refractivity (Wildman–Crippen MR) is 71.4 cm³/mol. The third kappa shape index (κ3) is 3.05. The van der Waals surface area contributed by atoms with Gasteiger partial charge in [-0.15, -0.1) is 0 Å². The summed E-state index contributed by atoms with van der Waals surface area (Å²) < 4.78 is 31.5. The number of rotatable bonds is 4. The second kappa shape index (κ2) is 5.30. The van der Waals surface area contributed by atoms with Crippen LogP contribution in [0.5, 0.6) is 0 Å². The minimum absolute atomic E-state index is 0.0641. The van der Waals surface area contributed by atoms with Crippen molar-refractivity contribution >= 4 is 11.4 Å². The molecule has 0 aliphatic carbocycles. The molecule has 5 heteroatoms. The topological polar surface area (TPSA) is 42.4 Å². The lowest BCUT2D eigenvalue weighted by Gasteiger charge is -2.21. The van der Waals surface area contributed by atoms with Crippen molar-refractivity contribution in [3.05, 3.63) is 47.4 Å². The molecule has 0 saturated heterocycles. The van der Waals surface area contributed by atoms with Gasteiger partial charge in [-0.25, -0.2) is 8.78 Å². The van der Waals surface area contributed by atoms with Gasteiger partial charge >= 0.3 is 0 Å². The lowest BCUT2D eigenvalue weighted by molar-refractivity contribution is 0.152. The zero-order valence-electron chi connectivity index (χ0n) is 10.9. The molecule has 0 unspecified atom stereocenters. The lowest BCUT2D eigenvalue weighted by atomic mass is 10.1. The van der Waals surface area contributed by atoms with Gasteiger partial charge in [-0.2, -0.15) is 0 Å². The Morgan fingerprint density at radius 1 is 1.26 bits per heavy atom. The maximum absolute atomic E-state index is 13.0. The van der Waals surface area contributed by atoms with E-state index in [0.29, 0.717) is 17.9 Å². The summed E-state index contributed by atoms with van der Waals surface area (Å²) in [4.78, 5) is 1.72. The minimum Gasteiger partial charge on any atom is -0.464 e. The fraction of sp³-hybridized carbons (Fsp3) is 0.286. The molecule has 2 aromatic rings. The lowest BCUT2D eigenvalue weighted by Crippen LogP contribution is -2.18. The molecule has 3 nitrogen and oxygen atoms in total. The number of nitrogens with two attached hydrogens (primary N) is 1. The summed E-state index contributed by atoms with van der Waals surface area (Å²) in [5, 5.41) is 0. The van der Waals surface area contributed by atoms with Crippen molar-refractivity contribution in [2.75, 3.05) is 17.7 Å². The molecule has 0 atom stereocenters. The Hall–Kier alpha value is -2.04. The van der Waals surface area contributed by atoms with Gasteiger partial charge in [-0.05, 0) is 37.3 Å². The van der Waals surface area contributed by atoms with E-state index in [2.05, 4.69) is 0 Å². The number of anilines is 2. The van der Waals surface area contributed by atoms with Gasteiger partial charge in [0.2, 0.25) is 0 Å². The average Bonchev–Trinajstić information content (AvgIpc) is 2.74. The number of halogens is 2. The summed E-state index contributed by atoms with van der Waals surface area (Å²) in [6.07, 6.45) is -2.56. The van der Waals surface area contributed by atoms with Crippen molar-refractivity contribution in [1.82, 2.24) is 0 Å². The van der Waals surface area contributed by atoms with Crippen LogP contribution in [0.4, 0.5) is 20.2 Å². The molecule has 0 saturated carbocycles. The smallest absolute Gasteiger partial charge is 0.265 e. The van der Waals surface area contributed by atoms with E-state index < -0.39 is 6.43 Å². The molecule has 0 fully saturated rings. The highest BCUT2D eigenvalue weighted by Crippen LogP contribution is 2.31. The molecular formula is C14H16F2N2O. The van der Waals surface area contributed by atoms with Crippen LogP contribution in [0, 0.1) is 6.92 Å². The van der Waals surface area contributed by atoms with Gasteiger partial charge in [0.1, 0.15) is 11.5 Å². The third-order valence-corrected chi connectivity index (χ3v) is 2.89. The van der Waals surface area contributed by atoms with E-state index in [-0.39, 0.29) is 5.56 Å². The summed E-state index contributed by atoms with van der Waals surface area (Å²) in [5.41, 5.74) is 6.28. The van der Waals surface area contributed by atoms with Gasteiger partial charge in [-0.1, -0.05) is 0 Å². The highest BCUT2D eigenvalue weighted by molar-refractivity contribution is 5.59. The van der Waals surface area contributed by atoms with Crippen molar-refractivity contribution in [3.8, 4) is 0 Å². The first kappa shape index (κ1) is 13.4. The van der Waals surface area contributed by atoms with Crippen LogP contribution in [0.2, 0.25) is 0 Å². The van der Waals surface area contributed by atoms with Crippen molar-refractivity contribution in [1.29, 1.82) is 0 Å². The molecule has 2 N–H and O–H groups in total. The van der Waals surface area contributed by atoms with Gasteiger partial charge in [0.15, 0.2) is 0 Å². The van der Waals surface area contributed by atoms with Crippen LogP contribution in [0.3, 0.4) is 0 Å². The van der Waals surface area contributed by atoms with Crippen LogP contribution in [0.1, 0.15) is 23.5 Å². The summed E-state index contributed by atoms with van der Waals surface area (Å²) in [5.74, 6) is 1.53. The summed E-state index contributed by atoms with van der Waals surface area (Å²) >= 11 is 0. The normalized spacial score (nSPS) is 11.0. The SMILES string of the molecule is Cc1ccc(CN(C)c2ccc(N)cc2C(F)F)o1. The molecule has 102 valence electrons. The van der Waals surface area contributed by atoms with Crippen molar-refractivity contribution in [2.45, 2.75) is 19.9 Å². The zero-order chi connectivity index (χ0) is 14.0. The van der Waals surface area contributed by atoms with E-state index in [0.717, 1.165) is 11.5 Å². The fourth-order valence-corrected chi connectivity index (χ4v) is 1.98. The van der Waals surface area contributed by atoms with Crippen molar-refractivity contribution in [3.63, 3.8) is 0 Å². The van der Waals surface area contributed by atoms with Gasteiger partial charge in [0, 0.05) is 24.0 Å². The van der Waals surface area contributed by atoms with Crippen LogP contribution in [0.25, 0.3) is 0 Å². The molecule has 0 aliphatic rings. The van der Waals surface area contributed by atoms with Gasteiger partial charge in [-0.3, -0.25) is 0 Å². The molecule has 2 rings (SSSR count). The molecule has 0 spiro atoms. The van der Waals surface area contributed by atoms with E-state index in [4.69, 9.17) is 10.2 Å². The molecular weight excluding hydrogens is 250 g/mol. The predicted octanol–water partition coefficient (Wildman–Crippen LogP) is 3.74. The average molecular weight is 266 g/mol. The standard InChI is InChI=1S/C14H16F2N2O/c1-9-3-5-11(19-9)8-18(2)13-6-4-10(17)7-12(13)14(15)16/h3-7,14H,8,17H2,1-2H3. The minimum atomic E-state index is -2.56. The Balaban J connectivity index is 2.25. The number of nitrogen functional groups attached to an aromatic ring is 1. The van der Waals surface area contributed by atoms with Crippen molar-refractivity contribution in [2.24, 2.45) is 0 Å². The fourth-order valence-electron chi connectivity index (χ4n) is 1.98. The first-order valence-corrected chi connectivity index (χ1v) is 5.91.